The van der Waals surface area contributed by atoms with Gasteiger partial charge in [0.25, 0.3) is 0 Å². The number of hydrogen-bond donors (Lipinski definition) is 1. The maximum Gasteiger partial charge on any atom is 0.193 e. The summed E-state index contributed by atoms with van der Waals surface area (Å²) >= 11 is 0. The van der Waals surface area contributed by atoms with Crippen molar-refractivity contribution in [2.75, 3.05) is 40.2 Å². The fourth-order valence-electron chi connectivity index (χ4n) is 2.67. The molecular weight excluding hydrogens is 439 g/mol. The number of nitrogens with zero attached hydrogens (tertiary/aromatic N) is 3. The second kappa shape index (κ2) is 10.9. The number of methoxy groups -OCH3 is 1. The standard InChI is InChI=1S/C20H28N4O.HI/c1-21-20(22-14-16-9-8-11-18(13-16)23(2)3)24(4)15-17-10-6-7-12-19(17)25-5;/h6-13H,14-15H2,1-5H3,(H,21,22);1H. The Balaban J connectivity index is 0.00000338. The number of rotatable bonds is 6. The average Bonchev–Trinajstić information content (AvgIpc) is 2.63. The van der Waals surface area contributed by atoms with Gasteiger partial charge in [-0.1, -0.05) is 30.3 Å². The van der Waals surface area contributed by atoms with E-state index in [0.717, 1.165) is 30.4 Å². The lowest BCUT2D eigenvalue weighted by molar-refractivity contribution is 0.396. The van der Waals surface area contributed by atoms with E-state index < -0.39 is 0 Å². The first kappa shape index (κ1) is 22.1. The molecule has 6 heteroatoms. The van der Waals surface area contributed by atoms with Crippen molar-refractivity contribution >= 4 is 35.6 Å². The smallest absolute Gasteiger partial charge is 0.193 e. The minimum absolute atomic E-state index is 0. The number of para-hydroxylation sites is 1. The molecule has 2 aromatic rings. The number of ether oxygens (including phenoxy) is 1. The summed E-state index contributed by atoms with van der Waals surface area (Å²) in [6.07, 6.45) is 0. The number of anilines is 1. The van der Waals surface area contributed by atoms with Crippen LogP contribution in [0.4, 0.5) is 5.69 Å². The summed E-state index contributed by atoms with van der Waals surface area (Å²) in [5.74, 6) is 1.74. The minimum Gasteiger partial charge on any atom is -0.496 e. The van der Waals surface area contributed by atoms with E-state index in [-0.39, 0.29) is 24.0 Å². The van der Waals surface area contributed by atoms with E-state index in [0.29, 0.717) is 0 Å². The lowest BCUT2D eigenvalue weighted by Gasteiger charge is -2.23. The topological polar surface area (TPSA) is 40.1 Å². The predicted molar refractivity (Wildman–Crippen MR) is 121 cm³/mol. The van der Waals surface area contributed by atoms with E-state index >= 15 is 0 Å². The lowest BCUT2D eigenvalue weighted by atomic mass is 10.2. The Bertz CT molecular complexity index is 718. The molecule has 0 aliphatic heterocycles. The first-order valence-corrected chi connectivity index (χ1v) is 8.35. The fourth-order valence-corrected chi connectivity index (χ4v) is 2.67. The molecule has 0 heterocycles. The molecule has 0 radical (unpaired) electrons. The third kappa shape index (κ3) is 6.09. The second-order valence-corrected chi connectivity index (χ2v) is 6.13. The molecule has 5 nitrogen and oxygen atoms in total. The van der Waals surface area contributed by atoms with E-state index in [4.69, 9.17) is 4.74 Å². The summed E-state index contributed by atoms with van der Waals surface area (Å²) in [5.41, 5.74) is 3.54. The largest absolute Gasteiger partial charge is 0.496 e. The van der Waals surface area contributed by atoms with E-state index in [1.807, 2.05) is 39.3 Å². The highest BCUT2D eigenvalue weighted by Crippen LogP contribution is 2.19. The monoisotopic (exact) mass is 468 g/mol. The summed E-state index contributed by atoms with van der Waals surface area (Å²) in [4.78, 5) is 8.59. The van der Waals surface area contributed by atoms with Gasteiger partial charge in [-0.15, -0.1) is 24.0 Å². The van der Waals surface area contributed by atoms with Gasteiger partial charge < -0.3 is 19.9 Å². The van der Waals surface area contributed by atoms with Crippen LogP contribution < -0.4 is 15.0 Å². The first-order valence-electron chi connectivity index (χ1n) is 8.35. The quantitative estimate of drug-likeness (QED) is 0.400. The Kier molecular flexibility index (Phi) is 9.26. The SMILES string of the molecule is CN=C(NCc1cccc(N(C)C)c1)N(C)Cc1ccccc1OC.I. The van der Waals surface area contributed by atoms with Gasteiger partial charge in [-0.2, -0.15) is 0 Å². The van der Waals surface area contributed by atoms with Crippen LogP contribution in [0, 0.1) is 0 Å². The number of benzene rings is 2. The zero-order valence-corrected chi connectivity index (χ0v) is 18.5. The number of halogens is 1. The van der Waals surface area contributed by atoms with Crippen LogP contribution in [0.5, 0.6) is 5.75 Å². The average molecular weight is 468 g/mol. The number of aliphatic imine (C=N–C) groups is 1. The molecule has 0 aromatic heterocycles. The van der Waals surface area contributed by atoms with Crippen molar-refractivity contribution < 1.29 is 4.74 Å². The Labute approximate surface area is 174 Å². The van der Waals surface area contributed by atoms with Crippen LogP contribution >= 0.6 is 24.0 Å². The number of hydrogen-bond acceptors (Lipinski definition) is 3. The van der Waals surface area contributed by atoms with E-state index in [1.54, 1.807) is 14.2 Å². The van der Waals surface area contributed by atoms with E-state index in [1.165, 1.54) is 11.3 Å². The maximum atomic E-state index is 5.43. The molecule has 0 aliphatic carbocycles. The zero-order valence-electron chi connectivity index (χ0n) is 16.2. The first-order chi connectivity index (χ1) is 12.0. The normalized spacial score (nSPS) is 10.7. The van der Waals surface area contributed by atoms with Crippen LogP contribution in [0.15, 0.2) is 53.5 Å². The Morgan fingerprint density at radius 2 is 1.81 bits per heavy atom. The van der Waals surface area contributed by atoms with Crippen LogP contribution in [0.3, 0.4) is 0 Å². The van der Waals surface area contributed by atoms with Gasteiger partial charge in [-0.3, -0.25) is 4.99 Å². The molecule has 0 unspecified atom stereocenters. The second-order valence-electron chi connectivity index (χ2n) is 6.13. The van der Waals surface area contributed by atoms with Gasteiger partial charge in [-0.05, 0) is 23.8 Å². The molecule has 0 spiro atoms. The summed E-state index contributed by atoms with van der Waals surface area (Å²) < 4.78 is 5.43. The van der Waals surface area contributed by atoms with Crippen LogP contribution in [-0.2, 0) is 13.1 Å². The Morgan fingerprint density at radius 1 is 1.08 bits per heavy atom. The van der Waals surface area contributed by atoms with Crippen molar-refractivity contribution in [1.82, 2.24) is 10.2 Å². The maximum absolute atomic E-state index is 5.43. The number of guanidine groups is 1. The van der Waals surface area contributed by atoms with Crippen molar-refractivity contribution in [2.45, 2.75) is 13.1 Å². The van der Waals surface area contributed by atoms with Crippen molar-refractivity contribution in [1.29, 1.82) is 0 Å². The number of nitrogens with one attached hydrogen (secondary N) is 1. The fraction of sp³-hybridized carbons (Fsp3) is 0.350. The molecule has 26 heavy (non-hydrogen) atoms. The molecular formula is C20H29IN4O. The van der Waals surface area contributed by atoms with Gasteiger partial charge in [0.1, 0.15) is 5.75 Å². The summed E-state index contributed by atoms with van der Waals surface area (Å²) in [5, 5.41) is 3.43. The molecule has 0 saturated heterocycles. The lowest BCUT2D eigenvalue weighted by Crippen LogP contribution is -2.38. The summed E-state index contributed by atoms with van der Waals surface area (Å²) in [7, 11) is 9.62. The molecule has 1 N–H and O–H groups in total. The van der Waals surface area contributed by atoms with Gasteiger partial charge in [0.05, 0.1) is 7.11 Å². The van der Waals surface area contributed by atoms with Gasteiger partial charge in [0, 0.05) is 52.5 Å². The highest BCUT2D eigenvalue weighted by atomic mass is 127. The molecule has 0 fully saturated rings. The molecule has 2 rings (SSSR count). The van der Waals surface area contributed by atoms with E-state index in [2.05, 4.69) is 50.4 Å². The Morgan fingerprint density at radius 3 is 2.46 bits per heavy atom. The third-order valence-corrected chi connectivity index (χ3v) is 4.05. The molecule has 0 aliphatic rings. The van der Waals surface area contributed by atoms with Gasteiger partial charge in [0.2, 0.25) is 0 Å². The highest BCUT2D eigenvalue weighted by Gasteiger charge is 2.10. The van der Waals surface area contributed by atoms with Crippen LogP contribution in [0.25, 0.3) is 0 Å². The minimum atomic E-state index is 0. The molecule has 0 saturated carbocycles. The molecule has 0 amide bonds. The van der Waals surface area contributed by atoms with Crippen molar-refractivity contribution in [3.63, 3.8) is 0 Å². The molecule has 0 bridgehead atoms. The van der Waals surface area contributed by atoms with Crippen LogP contribution in [0.1, 0.15) is 11.1 Å². The zero-order chi connectivity index (χ0) is 18.2. The van der Waals surface area contributed by atoms with Crippen molar-refractivity contribution in [2.24, 2.45) is 4.99 Å². The third-order valence-electron chi connectivity index (χ3n) is 4.05. The summed E-state index contributed by atoms with van der Waals surface area (Å²) in [6.45, 7) is 1.45. The molecule has 0 atom stereocenters. The van der Waals surface area contributed by atoms with Crippen LogP contribution in [0.2, 0.25) is 0 Å². The summed E-state index contributed by atoms with van der Waals surface area (Å²) in [6, 6.07) is 16.5. The van der Waals surface area contributed by atoms with Crippen molar-refractivity contribution in [3.05, 3.63) is 59.7 Å². The van der Waals surface area contributed by atoms with Gasteiger partial charge >= 0.3 is 0 Å². The van der Waals surface area contributed by atoms with Crippen molar-refractivity contribution in [3.8, 4) is 5.75 Å². The molecule has 142 valence electrons. The highest BCUT2D eigenvalue weighted by molar-refractivity contribution is 14.0. The van der Waals surface area contributed by atoms with Crippen LogP contribution in [-0.4, -0.2) is 46.2 Å². The Hall–Kier alpha value is -1.96. The van der Waals surface area contributed by atoms with E-state index in [9.17, 15) is 0 Å². The van der Waals surface area contributed by atoms with Gasteiger partial charge in [0.15, 0.2) is 5.96 Å². The molecule has 2 aromatic carbocycles. The van der Waals surface area contributed by atoms with Gasteiger partial charge in [-0.25, -0.2) is 0 Å². The predicted octanol–water partition coefficient (Wildman–Crippen LogP) is 3.59.